The number of nitrogens with zero attached hydrogens (tertiary/aromatic N) is 1. The average molecular weight is 300 g/mol. The lowest BCUT2D eigenvalue weighted by Crippen LogP contribution is -3.00. The smallest absolute Gasteiger partial charge is 0.142 e. The monoisotopic (exact) mass is 300 g/mol. The van der Waals surface area contributed by atoms with Crippen LogP contribution in [0.15, 0.2) is 0 Å². The third-order valence-corrected chi connectivity index (χ3v) is 3.72. The Balaban J connectivity index is 0.000000963. The van der Waals surface area contributed by atoms with Crippen molar-refractivity contribution in [2.75, 3.05) is 14.0 Å². The molecule has 13 heavy (non-hydrogen) atoms. The van der Waals surface area contributed by atoms with Crippen LogP contribution in [0.2, 0.25) is 0 Å². The van der Waals surface area contributed by atoms with Gasteiger partial charge in [0.15, 0.2) is 0 Å². The molecule has 1 N–H and O–H groups in total. The normalized spacial score (nSPS) is 66.9. The van der Waals surface area contributed by atoms with Crippen LogP contribution in [0, 0.1) is 0 Å². The first kappa shape index (κ1) is 6.98. The second kappa shape index (κ2) is 2.81. The molecule has 4 atom stereocenters. The van der Waals surface area contributed by atoms with Crippen LogP contribution in [0.5, 0.6) is 0 Å². The van der Waals surface area contributed by atoms with E-state index in [4.69, 9.17) is 8.85 Å². The maximum absolute atomic E-state index is 9.68. The van der Waals surface area contributed by atoms with Crippen LogP contribution >= 0.6 is 0 Å². The number of halogens is 1. The number of aliphatic hydroxyl groups excluding tert-OH is 1. The minimum Gasteiger partial charge on any atom is -1.00 e. The van der Waals surface area contributed by atoms with E-state index < -0.39 is 6.98 Å². The zero-order chi connectivity index (χ0) is 11.0. The second-order valence-electron chi connectivity index (χ2n) is 4.47. The van der Waals surface area contributed by atoms with Gasteiger partial charge in [-0.3, -0.25) is 0 Å². The third kappa shape index (κ3) is 1.19. The molecule has 4 heteroatoms. The van der Waals surface area contributed by atoms with Gasteiger partial charge in [0.05, 0.1) is 24.2 Å². The molecule has 0 aromatic heterocycles. The van der Waals surface area contributed by atoms with Gasteiger partial charge in [-0.2, -0.15) is 0 Å². The van der Waals surface area contributed by atoms with Crippen molar-refractivity contribution in [1.82, 2.24) is 0 Å². The molecule has 4 unspecified atom stereocenters. The Morgan fingerprint density at radius 2 is 1.92 bits per heavy atom. The molecule has 3 nitrogen and oxygen atoms in total. The van der Waals surface area contributed by atoms with Crippen LogP contribution in [0.4, 0.5) is 0 Å². The van der Waals surface area contributed by atoms with Gasteiger partial charge in [-0.15, -0.1) is 0 Å². The first-order chi connectivity index (χ1) is 6.85. The van der Waals surface area contributed by atoms with E-state index >= 15 is 0 Å². The van der Waals surface area contributed by atoms with E-state index in [9.17, 15) is 5.11 Å². The number of hydrogen-bond acceptors (Lipinski definition) is 2. The SMILES string of the molecule is [2H]C([2H])([2H])[N+]1(C)C2CC(O)CC1C1OC12.[I-]. The fourth-order valence-electron chi connectivity index (χ4n) is 2.97. The Morgan fingerprint density at radius 3 is 2.38 bits per heavy atom. The molecule has 3 rings (SSSR count). The number of likely N-dealkylation sites (N-methyl/N-ethyl adjacent to an activating group) is 1. The van der Waals surface area contributed by atoms with E-state index in [0.29, 0.717) is 12.8 Å². The molecular formula is C9H16INO2. The number of ether oxygens (including phenoxy) is 1. The number of morpholine rings is 1. The number of piperidine rings is 1. The molecule has 3 saturated heterocycles. The quantitative estimate of drug-likeness (QED) is 0.289. The largest absolute Gasteiger partial charge is 1.00 e. The zero-order valence-corrected chi connectivity index (χ0v) is 9.64. The third-order valence-electron chi connectivity index (χ3n) is 3.72. The summed E-state index contributed by atoms with van der Waals surface area (Å²) in [6.45, 7) is -1.99. The van der Waals surface area contributed by atoms with Crippen LogP contribution in [-0.4, -0.2) is 54.0 Å². The van der Waals surface area contributed by atoms with E-state index in [1.54, 1.807) is 7.05 Å². The summed E-state index contributed by atoms with van der Waals surface area (Å²) in [5.74, 6) is 0. The van der Waals surface area contributed by atoms with Crippen molar-refractivity contribution in [3.8, 4) is 0 Å². The summed E-state index contributed by atoms with van der Waals surface area (Å²) in [5.41, 5.74) is 0. The van der Waals surface area contributed by atoms with E-state index in [1.807, 2.05) is 0 Å². The molecule has 0 spiro atoms. The minimum absolute atomic E-state index is 0. The second-order valence-corrected chi connectivity index (χ2v) is 4.47. The lowest BCUT2D eigenvalue weighted by molar-refractivity contribution is -0.938. The first-order valence-electron chi connectivity index (χ1n) is 6.05. The molecule has 3 fully saturated rings. The van der Waals surface area contributed by atoms with Crippen molar-refractivity contribution in [2.24, 2.45) is 0 Å². The lowest BCUT2D eigenvalue weighted by Gasteiger charge is -2.44. The van der Waals surface area contributed by atoms with Gasteiger partial charge < -0.3 is 38.3 Å². The Hall–Kier alpha value is 0.610. The molecule has 0 aliphatic carbocycles. The van der Waals surface area contributed by atoms with Crippen LogP contribution in [0.3, 0.4) is 0 Å². The van der Waals surface area contributed by atoms with Gasteiger partial charge in [0.2, 0.25) is 0 Å². The highest BCUT2D eigenvalue weighted by molar-refractivity contribution is 5.07. The van der Waals surface area contributed by atoms with Crippen molar-refractivity contribution in [3.63, 3.8) is 0 Å². The predicted molar refractivity (Wildman–Crippen MR) is 43.6 cm³/mol. The van der Waals surface area contributed by atoms with E-state index in [-0.39, 0.29) is 58.9 Å². The summed E-state index contributed by atoms with van der Waals surface area (Å²) in [6, 6.07) is -0.0903. The predicted octanol–water partition coefficient (Wildman–Crippen LogP) is -3.26. The Morgan fingerprint density at radius 1 is 1.38 bits per heavy atom. The summed E-state index contributed by atoms with van der Waals surface area (Å²) in [4.78, 5) is 0. The van der Waals surface area contributed by atoms with Crippen molar-refractivity contribution < 1.29 is 42.4 Å². The summed E-state index contributed by atoms with van der Waals surface area (Å²) in [7, 11) is 1.80. The van der Waals surface area contributed by atoms with Crippen LogP contribution in [-0.2, 0) is 4.74 Å². The molecule has 0 aromatic rings. The molecule has 2 bridgehead atoms. The summed E-state index contributed by atoms with van der Waals surface area (Å²) in [5, 5.41) is 9.68. The van der Waals surface area contributed by atoms with Gasteiger partial charge in [0.25, 0.3) is 0 Å². The van der Waals surface area contributed by atoms with Gasteiger partial charge >= 0.3 is 0 Å². The van der Waals surface area contributed by atoms with Gasteiger partial charge in [-0.05, 0) is 0 Å². The number of epoxide rings is 1. The lowest BCUT2D eigenvalue weighted by atomic mass is 9.97. The highest BCUT2D eigenvalue weighted by Crippen LogP contribution is 2.50. The number of fused-ring (bicyclic) bond motifs is 5. The van der Waals surface area contributed by atoms with Crippen LogP contribution < -0.4 is 24.0 Å². The molecule has 0 amide bonds. The molecule has 3 heterocycles. The topological polar surface area (TPSA) is 32.8 Å². The minimum atomic E-state index is -1.99. The highest BCUT2D eigenvalue weighted by Gasteiger charge is 2.70. The van der Waals surface area contributed by atoms with Gasteiger partial charge in [-0.1, -0.05) is 0 Å². The van der Waals surface area contributed by atoms with Crippen molar-refractivity contribution in [1.29, 1.82) is 0 Å². The summed E-state index contributed by atoms with van der Waals surface area (Å²) in [6.07, 6.45) is 0.944. The Labute approximate surface area is 99.9 Å². The van der Waals surface area contributed by atoms with Gasteiger partial charge in [0, 0.05) is 12.8 Å². The summed E-state index contributed by atoms with van der Waals surface area (Å²) < 4.78 is 28.6. The number of rotatable bonds is 0. The number of aliphatic hydroxyl groups is 1. The first-order valence-corrected chi connectivity index (χ1v) is 4.55. The van der Waals surface area contributed by atoms with Crippen LogP contribution in [0.1, 0.15) is 17.0 Å². The Bertz CT molecular complexity index is 294. The van der Waals surface area contributed by atoms with Gasteiger partial charge in [0.1, 0.15) is 24.3 Å². The van der Waals surface area contributed by atoms with E-state index in [2.05, 4.69) is 0 Å². The van der Waals surface area contributed by atoms with Crippen molar-refractivity contribution in [3.05, 3.63) is 0 Å². The maximum Gasteiger partial charge on any atom is 0.142 e. The fraction of sp³-hybridized carbons (Fsp3) is 1.00. The number of quaternary nitrogens is 1. The van der Waals surface area contributed by atoms with Gasteiger partial charge in [-0.25, -0.2) is 0 Å². The fourth-order valence-corrected chi connectivity index (χ4v) is 2.97. The highest BCUT2D eigenvalue weighted by atomic mass is 127. The molecule has 3 aliphatic heterocycles. The maximum atomic E-state index is 9.68. The molecule has 0 saturated carbocycles. The molecule has 0 radical (unpaired) electrons. The molecule has 76 valence electrons. The van der Waals surface area contributed by atoms with Crippen molar-refractivity contribution >= 4 is 0 Å². The molecule has 3 aliphatic rings. The molecular weight excluding hydrogens is 281 g/mol. The van der Waals surface area contributed by atoms with E-state index in [0.717, 1.165) is 0 Å². The molecule has 0 aromatic carbocycles. The zero-order valence-electron chi connectivity index (χ0n) is 10.5. The van der Waals surface area contributed by atoms with Crippen LogP contribution in [0.25, 0.3) is 0 Å². The van der Waals surface area contributed by atoms with Crippen molar-refractivity contribution in [2.45, 2.75) is 43.2 Å². The standard InChI is InChI=1S/C9H16NO2.HI/c1-10(2)6-3-5(11)4-7(10)9-8(6)12-9;/h5-9,11H,3-4H2,1-2H3;1H/q+1;/p-1/i1D3;. The number of hydrogen-bond donors (Lipinski definition) is 1. The Kier molecular flexibility index (Phi) is 1.51. The van der Waals surface area contributed by atoms with E-state index in [1.165, 1.54) is 0 Å². The average Bonchev–Trinajstić information content (AvgIpc) is 2.81. The summed E-state index contributed by atoms with van der Waals surface area (Å²) >= 11 is 0.